The Hall–Kier alpha value is -7.80. The average molecular weight is 759 g/mol. The molecule has 60 heavy (non-hydrogen) atoms. The van der Waals surface area contributed by atoms with Gasteiger partial charge in [-0.2, -0.15) is 0 Å². The Kier molecular flexibility index (Phi) is 7.96. The van der Waals surface area contributed by atoms with Crippen molar-refractivity contribution >= 4 is 64.6 Å². The zero-order chi connectivity index (χ0) is 39.6. The van der Waals surface area contributed by atoms with E-state index >= 15 is 0 Å². The summed E-state index contributed by atoms with van der Waals surface area (Å²) in [6.45, 7) is 0. The molecule has 0 saturated heterocycles. The molecule has 0 aliphatic heterocycles. The number of hydrogen-bond acceptors (Lipinski definition) is 0. The number of benzene rings is 12. The predicted octanol–water partition coefficient (Wildman–Crippen LogP) is 16.9. The lowest BCUT2D eigenvalue weighted by molar-refractivity contribution is 1.61. The molecule has 0 atom stereocenters. The van der Waals surface area contributed by atoms with Crippen LogP contribution >= 0.6 is 0 Å². The van der Waals surface area contributed by atoms with E-state index in [0.29, 0.717) is 0 Å². The lowest BCUT2D eigenvalue weighted by Crippen LogP contribution is -2.00. The van der Waals surface area contributed by atoms with E-state index in [1.54, 1.807) is 0 Å². The highest BCUT2D eigenvalue weighted by molar-refractivity contribution is 6.28. The van der Waals surface area contributed by atoms with Gasteiger partial charge in [0.15, 0.2) is 0 Å². The van der Waals surface area contributed by atoms with Gasteiger partial charge in [-0.3, -0.25) is 0 Å². The van der Waals surface area contributed by atoms with Crippen LogP contribution in [0.4, 0.5) is 0 Å². The van der Waals surface area contributed by atoms with E-state index in [1.807, 2.05) is 0 Å². The summed E-state index contributed by atoms with van der Waals surface area (Å²) in [4.78, 5) is 0. The molecule has 0 fully saturated rings. The third-order valence-corrected chi connectivity index (χ3v) is 12.6. The standard InChI is InChI=1S/C60H38/c1-6-27-44-39(17-1)22-11-32-49(44)54-37-16-38-55-56(50-33-12-23-40-18-2-7-28-45(40)50)58(51-34-13-24-41-19-3-8-29-46(41)51)60(53-36-15-26-43-21-5-10-31-48(43)53)59(57(54)55)52-35-14-25-42-20-4-9-30-47(42)52/h1-38H. The highest BCUT2D eigenvalue weighted by atomic mass is 14.3. The molecule has 0 unspecified atom stereocenters. The molecular formula is C60H38. The first kappa shape index (κ1) is 34.3. The number of hydrogen-bond donors (Lipinski definition) is 0. The van der Waals surface area contributed by atoms with Crippen LogP contribution in [0.1, 0.15) is 0 Å². The van der Waals surface area contributed by atoms with Crippen molar-refractivity contribution in [2.24, 2.45) is 0 Å². The van der Waals surface area contributed by atoms with Crippen LogP contribution < -0.4 is 0 Å². The van der Waals surface area contributed by atoms with Crippen molar-refractivity contribution < 1.29 is 0 Å². The normalized spacial score (nSPS) is 11.7. The maximum atomic E-state index is 2.39. The first-order valence-electron chi connectivity index (χ1n) is 20.9. The second-order valence-electron chi connectivity index (χ2n) is 15.9. The molecule has 0 amide bonds. The molecule has 0 saturated carbocycles. The van der Waals surface area contributed by atoms with Crippen LogP contribution in [-0.2, 0) is 0 Å². The van der Waals surface area contributed by atoms with E-state index in [-0.39, 0.29) is 0 Å². The monoisotopic (exact) mass is 758 g/mol. The van der Waals surface area contributed by atoms with Gasteiger partial charge in [0.2, 0.25) is 0 Å². The van der Waals surface area contributed by atoms with Crippen LogP contribution in [-0.4, -0.2) is 0 Å². The molecule has 12 aromatic carbocycles. The van der Waals surface area contributed by atoms with Gasteiger partial charge in [0.05, 0.1) is 0 Å². The Balaban J connectivity index is 1.43. The average Bonchev–Trinajstić information content (AvgIpc) is 3.32. The minimum absolute atomic E-state index is 1.22. The maximum absolute atomic E-state index is 2.39. The summed E-state index contributed by atoms with van der Waals surface area (Å²) in [6.07, 6.45) is 0. The molecule has 0 heterocycles. The fraction of sp³-hybridized carbons (Fsp3) is 0. The van der Waals surface area contributed by atoms with Crippen LogP contribution in [0, 0.1) is 0 Å². The summed E-state index contributed by atoms with van der Waals surface area (Å²) in [5.74, 6) is 0. The molecule has 0 heteroatoms. The smallest absolute Gasteiger partial charge is 0.000719 e. The molecule has 12 rings (SSSR count). The minimum Gasteiger partial charge on any atom is -0.0616 e. The molecule has 0 radical (unpaired) electrons. The van der Waals surface area contributed by atoms with Gasteiger partial charge in [0, 0.05) is 0 Å². The lowest BCUT2D eigenvalue weighted by atomic mass is 9.75. The molecule has 0 aliphatic rings. The van der Waals surface area contributed by atoms with Crippen molar-refractivity contribution in [2.45, 2.75) is 0 Å². The molecule has 0 aliphatic carbocycles. The van der Waals surface area contributed by atoms with Crippen molar-refractivity contribution in [2.75, 3.05) is 0 Å². The Morgan fingerprint density at radius 3 is 0.817 bits per heavy atom. The second-order valence-corrected chi connectivity index (χ2v) is 15.9. The van der Waals surface area contributed by atoms with Gasteiger partial charge in [-0.1, -0.05) is 231 Å². The summed E-state index contributed by atoms with van der Waals surface area (Å²) in [5, 5.41) is 14.8. The summed E-state index contributed by atoms with van der Waals surface area (Å²) < 4.78 is 0. The molecule has 0 bridgehead atoms. The Bertz CT molecular complexity index is 3640. The van der Waals surface area contributed by atoms with E-state index in [0.717, 1.165) is 0 Å². The van der Waals surface area contributed by atoms with E-state index < -0.39 is 0 Å². The third-order valence-electron chi connectivity index (χ3n) is 12.6. The van der Waals surface area contributed by atoms with Gasteiger partial charge >= 0.3 is 0 Å². The van der Waals surface area contributed by atoms with Crippen molar-refractivity contribution in [1.29, 1.82) is 0 Å². The Morgan fingerprint density at radius 1 is 0.150 bits per heavy atom. The first-order chi connectivity index (χ1) is 29.8. The number of fused-ring (bicyclic) bond motifs is 6. The molecule has 0 N–H and O–H groups in total. The van der Waals surface area contributed by atoms with Gasteiger partial charge < -0.3 is 0 Å². The van der Waals surface area contributed by atoms with Gasteiger partial charge in [-0.05, 0) is 120 Å². The zero-order valence-electron chi connectivity index (χ0n) is 32.9. The largest absolute Gasteiger partial charge is 0.0616 e. The topological polar surface area (TPSA) is 0 Å². The SMILES string of the molecule is c1ccc2c(-c3c(-c4cccc5ccccc45)c(-c4cccc5ccccc45)c4c(-c5cccc6ccccc56)cccc4c3-c3cccc4ccccc34)cccc2c1. The van der Waals surface area contributed by atoms with Crippen molar-refractivity contribution in [1.82, 2.24) is 0 Å². The van der Waals surface area contributed by atoms with E-state index in [9.17, 15) is 0 Å². The summed E-state index contributed by atoms with van der Waals surface area (Å²) in [7, 11) is 0. The maximum Gasteiger partial charge on any atom is -0.000719 e. The van der Waals surface area contributed by atoms with Crippen LogP contribution in [0.15, 0.2) is 231 Å². The van der Waals surface area contributed by atoms with E-state index in [4.69, 9.17) is 0 Å². The molecule has 0 spiro atoms. The Morgan fingerprint density at radius 2 is 0.400 bits per heavy atom. The van der Waals surface area contributed by atoms with Gasteiger partial charge in [0.1, 0.15) is 0 Å². The van der Waals surface area contributed by atoms with Crippen molar-refractivity contribution in [3.8, 4) is 55.6 Å². The summed E-state index contributed by atoms with van der Waals surface area (Å²) in [5.41, 5.74) is 12.3. The Labute approximate surface area is 349 Å². The van der Waals surface area contributed by atoms with Crippen molar-refractivity contribution in [3.05, 3.63) is 231 Å². The van der Waals surface area contributed by atoms with Crippen LogP contribution in [0.5, 0.6) is 0 Å². The summed E-state index contributed by atoms with van der Waals surface area (Å²) in [6, 6.07) is 85.6. The lowest BCUT2D eigenvalue weighted by Gasteiger charge is -2.28. The fourth-order valence-corrected chi connectivity index (χ4v) is 10.1. The van der Waals surface area contributed by atoms with Gasteiger partial charge in [-0.15, -0.1) is 0 Å². The fourth-order valence-electron chi connectivity index (χ4n) is 10.1. The highest BCUT2D eigenvalue weighted by Gasteiger charge is 2.29. The van der Waals surface area contributed by atoms with Crippen LogP contribution in [0.2, 0.25) is 0 Å². The van der Waals surface area contributed by atoms with Crippen LogP contribution in [0.25, 0.3) is 120 Å². The van der Waals surface area contributed by atoms with E-state index in [1.165, 1.54) is 120 Å². The zero-order valence-corrected chi connectivity index (χ0v) is 32.9. The minimum atomic E-state index is 1.22. The molecule has 0 aromatic heterocycles. The van der Waals surface area contributed by atoms with Crippen molar-refractivity contribution in [3.63, 3.8) is 0 Å². The van der Waals surface area contributed by atoms with Crippen LogP contribution in [0.3, 0.4) is 0 Å². The quantitative estimate of drug-likeness (QED) is 0.164. The van der Waals surface area contributed by atoms with Gasteiger partial charge in [0.25, 0.3) is 0 Å². The van der Waals surface area contributed by atoms with E-state index in [2.05, 4.69) is 231 Å². The number of rotatable bonds is 5. The molecule has 0 nitrogen and oxygen atoms in total. The molecule has 278 valence electrons. The third kappa shape index (κ3) is 5.32. The second kappa shape index (κ2) is 13.9. The predicted molar refractivity (Wildman–Crippen MR) is 259 cm³/mol. The molecule has 12 aromatic rings. The molecular weight excluding hydrogens is 721 g/mol. The summed E-state index contributed by atoms with van der Waals surface area (Å²) >= 11 is 0. The van der Waals surface area contributed by atoms with Gasteiger partial charge in [-0.25, -0.2) is 0 Å². The highest BCUT2D eigenvalue weighted by Crippen LogP contribution is 2.56. The first-order valence-corrected chi connectivity index (χ1v) is 20.9.